The molecule has 0 aliphatic carbocycles. The van der Waals surface area contributed by atoms with Gasteiger partial charge in [-0.15, -0.1) is 0 Å². The van der Waals surface area contributed by atoms with Crippen molar-refractivity contribution < 1.29 is 5.11 Å². The van der Waals surface area contributed by atoms with Crippen molar-refractivity contribution in [2.45, 2.75) is 13.3 Å². The van der Waals surface area contributed by atoms with E-state index in [1.165, 1.54) is 0 Å². The predicted molar refractivity (Wildman–Crippen MR) is 81.8 cm³/mol. The van der Waals surface area contributed by atoms with Gasteiger partial charge in [-0.05, 0) is 13.3 Å². The van der Waals surface area contributed by atoms with Gasteiger partial charge in [0.25, 0.3) is 0 Å². The summed E-state index contributed by atoms with van der Waals surface area (Å²) in [5.41, 5.74) is 1.93. The largest absolute Gasteiger partial charge is 0.396 e. The molecular formula is C15H20N4O. The molecule has 0 atom stereocenters. The van der Waals surface area contributed by atoms with Crippen molar-refractivity contribution in [1.82, 2.24) is 9.97 Å². The Morgan fingerprint density at radius 1 is 1.10 bits per heavy atom. The van der Waals surface area contributed by atoms with Gasteiger partial charge in [-0.25, -0.2) is 4.98 Å². The summed E-state index contributed by atoms with van der Waals surface area (Å²) in [5, 5.41) is 15.2. The quantitative estimate of drug-likeness (QED) is 0.675. The minimum atomic E-state index is 0.158. The van der Waals surface area contributed by atoms with Crippen LogP contribution in [0, 0.1) is 0 Å². The van der Waals surface area contributed by atoms with Crippen LogP contribution in [-0.2, 0) is 0 Å². The molecular weight excluding hydrogens is 252 g/mol. The van der Waals surface area contributed by atoms with Crippen LogP contribution >= 0.6 is 0 Å². The third kappa shape index (κ3) is 3.93. The SMILES string of the molecule is CCNc1cc(-c2ccccc2)nc(NCCCO)n1. The lowest BCUT2D eigenvalue weighted by molar-refractivity contribution is 0.292. The van der Waals surface area contributed by atoms with E-state index in [-0.39, 0.29) is 6.61 Å². The molecule has 1 aromatic heterocycles. The van der Waals surface area contributed by atoms with Crippen LogP contribution in [0.15, 0.2) is 36.4 Å². The molecule has 0 bridgehead atoms. The second-order valence-electron chi connectivity index (χ2n) is 4.36. The topological polar surface area (TPSA) is 70.1 Å². The first-order valence-corrected chi connectivity index (χ1v) is 6.86. The third-order valence-corrected chi connectivity index (χ3v) is 2.77. The van der Waals surface area contributed by atoms with Crippen molar-refractivity contribution in [2.24, 2.45) is 0 Å². The molecule has 20 heavy (non-hydrogen) atoms. The van der Waals surface area contributed by atoms with Crippen LogP contribution < -0.4 is 10.6 Å². The summed E-state index contributed by atoms with van der Waals surface area (Å²) in [4.78, 5) is 8.92. The van der Waals surface area contributed by atoms with Gasteiger partial charge in [-0.1, -0.05) is 30.3 Å². The van der Waals surface area contributed by atoms with Gasteiger partial charge in [0.05, 0.1) is 5.69 Å². The average Bonchev–Trinajstić information content (AvgIpc) is 2.49. The monoisotopic (exact) mass is 272 g/mol. The zero-order valence-corrected chi connectivity index (χ0v) is 11.6. The van der Waals surface area contributed by atoms with E-state index in [1.54, 1.807) is 0 Å². The Morgan fingerprint density at radius 3 is 2.60 bits per heavy atom. The summed E-state index contributed by atoms with van der Waals surface area (Å²) in [6.45, 7) is 3.65. The summed E-state index contributed by atoms with van der Waals surface area (Å²) in [5.74, 6) is 1.38. The molecule has 0 spiro atoms. The van der Waals surface area contributed by atoms with Gasteiger partial charge in [0.15, 0.2) is 0 Å². The molecule has 5 heteroatoms. The highest BCUT2D eigenvalue weighted by atomic mass is 16.3. The minimum absolute atomic E-state index is 0.158. The van der Waals surface area contributed by atoms with E-state index in [2.05, 4.69) is 20.6 Å². The molecule has 2 rings (SSSR count). The first kappa shape index (κ1) is 14.3. The summed E-state index contributed by atoms with van der Waals surface area (Å²) < 4.78 is 0. The number of aliphatic hydroxyl groups excluding tert-OH is 1. The highest BCUT2D eigenvalue weighted by molar-refractivity contribution is 5.64. The van der Waals surface area contributed by atoms with E-state index in [1.807, 2.05) is 43.3 Å². The van der Waals surface area contributed by atoms with Gasteiger partial charge in [-0.3, -0.25) is 0 Å². The second kappa shape index (κ2) is 7.45. The first-order chi connectivity index (χ1) is 9.83. The van der Waals surface area contributed by atoms with Crippen LogP contribution in [0.4, 0.5) is 11.8 Å². The first-order valence-electron chi connectivity index (χ1n) is 6.86. The van der Waals surface area contributed by atoms with Gasteiger partial charge in [-0.2, -0.15) is 4.98 Å². The average molecular weight is 272 g/mol. The normalized spacial score (nSPS) is 10.3. The molecule has 0 aliphatic heterocycles. The van der Waals surface area contributed by atoms with Gasteiger partial charge >= 0.3 is 0 Å². The van der Waals surface area contributed by atoms with Crippen LogP contribution in [0.5, 0.6) is 0 Å². The molecule has 0 fully saturated rings. The van der Waals surface area contributed by atoms with E-state index in [9.17, 15) is 0 Å². The van der Waals surface area contributed by atoms with E-state index >= 15 is 0 Å². The van der Waals surface area contributed by atoms with Gasteiger partial charge < -0.3 is 15.7 Å². The predicted octanol–water partition coefficient (Wildman–Crippen LogP) is 2.37. The second-order valence-corrected chi connectivity index (χ2v) is 4.36. The number of aliphatic hydroxyl groups is 1. The maximum atomic E-state index is 8.82. The minimum Gasteiger partial charge on any atom is -0.396 e. The number of benzene rings is 1. The molecule has 5 nitrogen and oxygen atoms in total. The Hall–Kier alpha value is -2.14. The van der Waals surface area contributed by atoms with Crippen molar-refractivity contribution in [2.75, 3.05) is 30.3 Å². The molecule has 1 heterocycles. The van der Waals surface area contributed by atoms with Crippen LogP contribution in [0.1, 0.15) is 13.3 Å². The fourth-order valence-corrected chi connectivity index (χ4v) is 1.83. The Bertz CT molecular complexity index is 531. The van der Waals surface area contributed by atoms with E-state index in [0.29, 0.717) is 18.9 Å². The van der Waals surface area contributed by atoms with Gasteiger partial charge in [0.2, 0.25) is 5.95 Å². The maximum absolute atomic E-state index is 8.82. The number of nitrogens with one attached hydrogen (secondary N) is 2. The Morgan fingerprint density at radius 2 is 1.90 bits per heavy atom. The number of aromatic nitrogens is 2. The van der Waals surface area contributed by atoms with E-state index < -0.39 is 0 Å². The molecule has 0 radical (unpaired) electrons. The van der Waals surface area contributed by atoms with Gasteiger partial charge in [0.1, 0.15) is 5.82 Å². The molecule has 0 saturated heterocycles. The van der Waals surface area contributed by atoms with Gasteiger partial charge in [0, 0.05) is 31.3 Å². The molecule has 0 unspecified atom stereocenters. The molecule has 3 N–H and O–H groups in total. The lowest BCUT2D eigenvalue weighted by Crippen LogP contribution is -2.09. The van der Waals surface area contributed by atoms with Crippen LogP contribution in [0.3, 0.4) is 0 Å². The molecule has 106 valence electrons. The fraction of sp³-hybridized carbons (Fsp3) is 0.333. The van der Waals surface area contributed by atoms with Crippen LogP contribution in [0.25, 0.3) is 11.3 Å². The summed E-state index contributed by atoms with van der Waals surface area (Å²) >= 11 is 0. The standard InChI is InChI=1S/C15H20N4O/c1-2-16-14-11-13(12-7-4-3-5-8-12)18-15(19-14)17-9-6-10-20/h3-5,7-8,11,20H,2,6,9-10H2,1H3,(H2,16,17,18,19). The number of nitrogens with zero attached hydrogens (tertiary/aromatic N) is 2. The van der Waals surface area contributed by atoms with Crippen molar-refractivity contribution in [3.05, 3.63) is 36.4 Å². The number of anilines is 2. The van der Waals surface area contributed by atoms with Crippen LogP contribution in [-0.4, -0.2) is 34.8 Å². The van der Waals surface area contributed by atoms with E-state index in [0.717, 1.165) is 23.6 Å². The molecule has 0 aliphatic rings. The highest BCUT2D eigenvalue weighted by Crippen LogP contribution is 2.21. The summed E-state index contributed by atoms with van der Waals surface area (Å²) in [7, 11) is 0. The Labute approximate surface area is 119 Å². The summed E-state index contributed by atoms with van der Waals surface area (Å²) in [6.07, 6.45) is 0.676. The molecule has 0 saturated carbocycles. The third-order valence-electron chi connectivity index (χ3n) is 2.77. The lowest BCUT2D eigenvalue weighted by atomic mass is 10.1. The van der Waals surface area contributed by atoms with Crippen molar-refractivity contribution in [1.29, 1.82) is 0 Å². The number of hydrogen-bond donors (Lipinski definition) is 3. The zero-order valence-electron chi connectivity index (χ0n) is 11.6. The Balaban J connectivity index is 2.26. The van der Waals surface area contributed by atoms with Crippen molar-refractivity contribution in [3.8, 4) is 11.3 Å². The zero-order chi connectivity index (χ0) is 14.2. The lowest BCUT2D eigenvalue weighted by Gasteiger charge is -2.10. The highest BCUT2D eigenvalue weighted by Gasteiger charge is 2.05. The summed E-state index contributed by atoms with van der Waals surface area (Å²) in [6, 6.07) is 11.9. The molecule has 1 aromatic carbocycles. The van der Waals surface area contributed by atoms with Crippen LogP contribution in [0.2, 0.25) is 0 Å². The number of hydrogen-bond acceptors (Lipinski definition) is 5. The fourth-order valence-electron chi connectivity index (χ4n) is 1.83. The number of rotatable bonds is 7. The Kier molecular flexibility index (Phi) is 5.32. The van der Waals surface area contributed by atoms with E-state index in [4.69, 9.17) is 5.11 Å². The molecule has 2 aromatic rings. The smallest absolute Gasteiger partial charge is 0.225 e. The maximum Gasteiger partial charge on any atom is 0.225 e. The van der Waals surface area contributed by atoms with Crippen molar-refractivity contribution >= 4 is 11.8 Å². The van der Waals surface area contributed by atoms with Crippen molar-refractivity contribution in [3.63, 3.8) is 0 Å². The molecule has 0 amide bonds.